The van der Waals surface area contributed by atoms with Gasteiger partial charge in [-0.15, -0.1) is 0 Å². The van der Waals surface area contributed by atoms with Crippen LogP contribution in [0.25, 0.3) is 0 Å². The molecule has 8 heavy (non-hydrogen) atoms. The van der Waals surface area contributed by atoms with E-state index in [9.17, 15) is 0 Å². The summed E-state index contributed by atoms with van der Waals surface area (Å²) in [5, 5.41) is 0. The van der Waals surface area contributed by atoms with Gasteiger partial charge in [0.25, 0.3) is 0 Å². The Hall–Kier alpha value is 0.349. The zero-order chi connectivity index (χ0) is 5.98. The van der Waals surface area contributed by atoms with Crippen LogP contribution in [0.15, 0.2) is 15.9 Å². The summed E-state index contributed by atoms with van der Waals surface area (Å²) >= 11 is 2.55. The molecule has 0 unspecified atom stereocenters. The van der Waals surface area contributed by atoms with Gasteiger partial charge in [-0.05, 0) is 0 Å². The van der Waals surface area contributed by atoms with E-state index in [-0.39, 0.29) is 0 Å². The van der Waals surface area contributed by atoms with Gasteiger partial charge in [0.05, 0.1) is 0 Å². The quantitative estimate of drug-likeness (QED) is 0.481. The van der Waals surface area contributed by atoms with Crippen LogP contribution in [0.5, 0.6) is 0 Å². The molecule has 0 N–H and O–H groups in total. The molecule has 0 saturated carbocycles. The van der Waals surface area contributed by atoms with Crippen molar-refractivity contribution in [2.75, 3.05) is 6.26 Å². The fourth-order valence-corrected chi connectivity index (χ4v) is 3.25. The van der Waals surface area contributed by atoms with Crippen molar-refractivity contribution >= 4 is 26.3 Å². The van der Waals surface area contributed by atoms with Crippen LogP contribution in [0.4, 0.5) is 0 Å². The van der Waals surface area contributed by atoms with Crippen LogP contribution in [0.1, 0.15) is 4.44 Å². The molecule has 1 heterocycles. The third-order valence-electron chi connectivity index (χ3n) is 0.917. The van der Waals surface area contributed by atoms with Gasteiger partial charge in [0, 0.05) is 0 Å². The van der Waals surface area contributed by atoms with Gasteiger partial charge in [0.15, 0.2) is 0 Å². The Kier molecular flexibility index (Phi) is 2.24. The molecule has 0 saturated heterocycles. The van der Waals surface area contributed by atoms with Gasteiger partial charge in [-0.2, -0.15) is 0 Å². The SMILES string of the molecule is CSc1ccc(C)[se]1. The molecule has 0 aliphatic carbocycles. The minimum atomic E-state index is 0.680. The number of hydrogen-bond acceptors (Lipinski definition) is 1. The van der Waals surface area contributed by atoms with Gasteiger partial charge in [-0.1, -0.05) is 0 Å². The average Bonchev–Trinajstić information content (AvgIpc) is 2.14. The molecule has 2 heteroatoms. The Morgan fingerprint density at radius 1 is 1.50 bits per heavy atom. The van der Waals surface area contributed by atoms with Gasteiger partial charge in [0.2, 0.25) is 0 Å². The van der Waals surface area contributed by atoms with Crippen LogP contribution in [-0.2, 0) is 0 Å². The van der Waals surface area contributed by atoms with Crippen molar-refractivity contribution in [3.05, 3.63) is 16.6 Å². The number of aryl methyl sites for hydroxylation is 1. The average molecular weight is 191 g/mol. The second kappa shape index (κ2) is 2.77. The Bertz CT molecular complexity index is 169. The molecule has 1 aromatic rings. The molecule has 1 rings (SSSR count). The first-order valence-electron chi connectivity index (χ1n) is 2.43. The third-order valence-corrected chi connectivity index (χ3v) is 4.61. The molecule has 44 valence electrons. The predicted molar refractivity (Wildman–Crippen MR) is 39.9 cm³/mol. The van der Waals surface area contributed by atoms with Crippen molar-refractivity contribution in [1.29, 1.82) is 0 Å². The summed E-state index contributed by atoms with van der Waals surface area (Å²) in [5.74, 6) is 0. The molecule has 0 aliphatic rings. The maximum absolute atomic E-state index is 2.22. The van der Waals surface area contributed by atoms with Crippen molar-refractivity contribution < 1.29 is 0 Å². The van der Waals surface area contributed by atoms with Crippen LogP contribution in [0.2, 0.25) is 0 Å². The molecule has 1 aromatic heterocycles. The van der Waals surface area contributed by atoms with Crippen LogP contribution in [0, 0.1) is 6.92 Å². The van der Waals surface area contributed by atoms with E-state index >= 15 is 0 Å². The van der Waals surface area contributed by atoms with Crippen LogP contribution in [-0.4, -0.2) is 20.8 Å². The standard InChI is InChI=1S/C6H8SSe/c1-5-3-4-6(7-2)8-5/h3-4H,1-2H3. The minimum absolute atomic E-state index is 0.680. The van der Waals surface area contributed by atoms with E-state index in [1.54, 1.807) is 8.21 Å². The van der Waals surface area contributed by atoms with Gasteiger partial charge < -0.3 is 0 Å². The van der Waals surface area contributed by atoms with Crippen molar-refractivity contribution in [2.45, 2.75) is 10.7 Å². The molecular weight excluding hydrogens is 183 g/mol. The summed E-state index contributed by atoms with van der Waals surface area (Å²) in [4.78, 5) is 0. The van der Waals surface area contributed by atoms with E-state index in [0.717, 1.165) is 0 Å². The van der Waals surface area contributed by atoms with E-state index in [0.29, 0.717) is 14.5 Å². The topological polar surface area (TPSA) is 0 Å². The number of thioether (sulfide) groups is 1. The summed E-state index contributed by atoms with van der Waals surface area (Å²) in [6.45, 7) is 2.19. The van der Waals surface area contributed by atoms with E-state index < -0.39 is 0 Å². The second-order valence-electron chi connectivity index (χ2n) is 1.57. The van der Waals surface area contributed by atoms with Gasteiger partial charge in [-0.25, -0.2) is 0 Å². The van der Waals surface area contributed by atoms with Crippen molar-refractivity contribution in [3.63, 3.8) is 0 Å². The van der Waals surface area contributed by atoms with Gasteiger partial charge in [-0.3, -0.25) is 0 Å². The molecular formula is C6H8SSe. The summed E-state index contributed by atoms with van der Waals surface area (Å²) in [6, 6.07) is 4.44. The molecule has 0 nitrogen and oxygen atoms in total. The van der Waals surface area contributed by atoms with Crippen LogP contribution in [0.3, 0.4) is 0 Å². The first-order valence-corrected chi connectivity index (χ1v) is 5.37. The predicted octanol–water partition coefficient (Wildman–Crippen LogP) is 1.77. The normalized spacial score (nSPS) is 9.75. The van der Waals surface area contributed by atoms with E-state index in [1.165, 1.54) is 0 Å². The van der Waals surface area contributed by atoms with Gasteiger partial charge in [0.1, 0.15) is 0 Å². The van der Waals surface area contributed by atoms with Crippen molar-refractivity contribution in [1.82, 2.24) is 0 Å². The Morgan fingerprint density at radius 2 is 2.25 bits per heavy atom. The Morgan fingerprint density at radius 3 is 2.50 bits per heavy atom. The molecule has 0 atom stereocenters. The van der Waals surface area contributed by atoms with Crippen LogP contribution < -0.4 is 0 Å². The van der Waals surface area contributed by atoms with E-state index in [2.05, 4.69) is 25.3 Å². The number of rotatable bonds is 1. The zero-order valence-electron chi connectivity index (χ0n) is 4.97. The summed E-state index contributed by atoms with van der Waals surface area (Å²) < 4.78 is 3.09. The fraction of sp³-hybridized carbons (Fsp3) is 0.333. The summed E-state index contributed by atoms with van der Waals surface area (Å²) in [7, 11) is 0. The molecule has 0 fully saturated rings. The van der Waals surface area contributed by atoms with Crippen LogP contribution >= 0.6 is 11.8 Å². The van der Waals surface area contributed by atoms with Crippen molar-refractivity contribution in [2.24, 2.45) is 0 Å². The maximum atomic E-state index is 2.22. The second-order valence-corrected chi connectivity index (χ2v) is 5.70. The first kappa shape index (κ1) is 6.47. The molecule has 0 radical (unpaired) electrons. The molecule has 0 aromatic carbocycles. The molecule has 0 amide bonds. The number of hydrogen-bond donors (Lipinski definition) is 0. The Labute approximate surface area is 60.0 Å². The Balaban J connectivity index is 2.84. The van der Waals surface area contributed by atoms with E-state index in [4.69, 9.17) is 0 Å². The molecule has 0 bridgehead atoms. The van der Waals surface area contributed by atoms with Crippen molar-refractivity contribution in [3.8, 4) is 0 Å². The zero-order valence-corrected chi connectivity index (χ0v) is 7.50. The summed E-state index contributed by atoms with van der Waals surface area (Å²) in [6.07, 6.45) is 2.14. The third kappa shape index (κ3) is 1.41. The first-order chi connectivity index (χ1) is 3.83. The summed E-state index contributed by atoms with van der Waals surface area (Å²) in [5.41, 5.74) is 0. The fourth-order valence-electron chi connectivity index (χ4n) is 0.522. The molecule has 0 aliphatic heterocycles. The van der Waals surface area contributed by atoms with E-state index in [1.807, 2.05) is 11.8 Å². The molecule has 0 spiro atoms. The monoisotopic (exact) mass is 192 g/mol. The van der Waals surface area contributed by atoms with Gasteiger partial charge >= 0.3 is 59.8 Å².